The molecule has 0 spiro atoms. The van der Waals surface area contributed by atoms with Gasteiger partial charge in [0.25, 0.3) is 0 Å². The maximum atomic E-state index is 13.0. The van der Waals surface area contributed by atoms with Gasteiger partial charge in [-0.1, -0.05) is 26.7 Å². The van der Waals surface area contributed by atoms with Crippen LogP contribution >= 0.6 is 0 Å². The van der Waals surface area contributed by atoms with Gasteiger partial charge in [-0.25, -0.2) is 0 Å². The number of piperidine rings is 1. The van der Waals surface area contributed by atoms with Crippen LogP contribution in [0.25, 0.3) is 0 Å². The van der Waals surface area contributed by atoms with Crippen LogP contribution in [0.2, 0.25) is 0 Å². The Morgan fingerprint density at radius 3 is 2.63 bits per heavy atom. The highest BCUT2D eigenvalue weighted by molar-refractivity contribution is 5.83. The van der Waals surface area contributed by atoms with Crippen molar-refractivity contribution in [3.05, 3.63) is 0 Å². The minimum atomic E-state index is -0.0406. The molecule has 2 rings (SSSR count). The van der Waals surface area contributed by atoms with Crippen molar-refractivity contribution in [3.8, 4) is 0 Å². The lowest BCUT2D eigenvalue weighted by atomic mass is 9.74. The molecule has 1 unspecified atom stereocenters. The van der Waals surface area contributed by atoms with Crippen LogP contribution in [0.4, 0.5) is 0 Å². The lowest BCUT2D eigenvalue weighted by Crippen LogP contribution is -2.48. The van der Waals surface area contributed by atoms with Crippen LogP contribution in [0.15, 0.2) is 0 Å². The highest BCUT2D eigenvalue weighted by Crippen LogP contribution is 2.37. The molecule has 2 heterocycles. The Balaban J connectivity index is 1.99. The van der Waals surface area contributed by atoms with Crippen molar-refractivity contribution in [1.82, 2.24) is 10.2 Å². The maximum absolute atomic E-state index is 13.0. The highest BCUT2D eigenvalue weighted by Gasteiger charge is 2.42. The predicted octanol–water partition coefficient (Wildman–Crippen LogP) is 2.80. The molecular formula is C16H30N2O. The van der Waals surface area contributed by atoms with E-state index in [1.54, 1.807) is 0 Å². The summed E-state index contributed by atoms with van der Waals surface area (Å²) >= 11 is 0. The zero-order chi connectivity index (χ0) is 13.7. The highest BCUT2D eigenvalue weighted by atomic mass is 16.2. The van der Waals surface area contributed by atoms with Crippen molar-refractivity contribution in [2.45, 2.75) is 58.8 Å². The van der Waals surface area contributed by atoms with E-state index in [0.29, 0.717) is 5.91 Å². The fourth-order valence-corrected chi connectivity index (χ4v) is 3.95. The summed E-state index contributed by atoms with van der Waals surface area (Å²) in [5.74, 6) is 1.23. The second-order valence-corrected chi connectivity index (χ2v) is 6.47. The topological polar surface area (TPSA) is 32.3 Å². The molecule has 1 N–H and O–H groups in total. The summed E-state index contributed by atoms with van der Waals surface area (Å²) in [4.78, 5) is 15.1. The SMILES string of the molecule is CCCC1CCN(C(=O)C2(CCC)CCNCC2)C1. The number of amides is 1. The average molecular weight is 266 g/mol. The summed E-state index contributed by atoms with van der Waals surface area (Å²) in [5, 5.41) is 3.40. The van der Waals surface area contributed by atoms with E-state index >= 15 is 0 Å². The number of nitrogens with zero attached hydrogens (tertiary/aromatic N) is 1. The monoisotopic (exact) mass is 266 g/mol. The first-order chi connectivity index (χ1) is 9.22. The summed E-state index contributed by atoms with van der Waals surface area (Å²) in [5.41, 5.74) is -0.0406. The zero-order valence-corrected chi connectivity index (χ0v) is 12.7. The molecule has 0 saturated carbocycles. The van der Waals surface area contributed by atoms with Crippen molar-refractivity contribution in [3.63, 3.8) is 0 Å². The maximum Gasteiger partial charge on any atom is 0.228 e. The third-order valence-corrected chi connectivity index (χ3v) is 5.01. The number of carbonyl (C=O) groups is 1. The first-order valence-corrected chi connectivity index (χ1v) is 8.22. The van der Waals surface area contributed by atoms with E-state index in [1.807, 2.05) is 0 Å². The van der Waals surface area contributed by atoms with Gasteiger partial charge in [-0.2, -0.15) is 0 Å². The van der Waals surface area contributed by atoms with Crippen LogP contribution in [0.5, 0.6) is 0 Å². The Labute approximate surface area is 118 Å². The molecule has 1 atom stereocenters. The molecule has 2 aliphatic heterocycles. The molecule has 1 amide bonds. The Morgan fingerprint density at radius 2 is 2.00 bits per heavy atom. The van der Waals surface area contributed by atoms with Crippen molar-refractivity contribution >= 4 is 5.91 Å². The van der Waals surface area contributed by atoms with Crippen molar-refractivity contribution < 1.29 is 4.79 Å². The molecule has 0 aromatic carbocycles. The van der Waals surface area contributed by atoms with E-state index in [0.717, 1.165) is 57.8 Å². The number of rotatable bonds is 5. The largest absolute Gasteiger partial charge is 0.342 e. The number of carbonyl (C=O) groups excluding carboxylic acids is 1. The molecule has 3 nitrogen and oxygen atoms in total. The Bertz CT molecular complexity index is 292. The van der Waals surface area contributed by atoms with Gasteiger partial charge in [0.1, 0.15) is 0 Å². The summed E-state index contributed by atoms with van der Waals surface area (Å²) in [6.07, 6.45) is 8.02. The second kappa shape index (κ2) is 6.74. The van der Waals surface area contributed by atoms with Crippen LogP contribution in [0.3, 0.4) is 0 Å². The van der Waals surface area contributed by atoms with Gasteiger partial charge in [-0.3, -0.25) is 4.79 Å². The van der Waals surface area contributed by atoms with Crippen LogP contribution in [-0.4, -0.2) is 37.0 Å². The zero-order valence-electron chi connectivity index (χ0n) is 12.7. The molecule has 0 aromatic heterocycles. The Kier molecular flexibility index (Phi) is 5.26. The molecule has 2 fully saturated rings. The van der Waals surface area contributed by atoms with Crippen LogP contribution in [-0.2, 0) is 4.79 Å². The first kappa shape index (κ1) is 14.8. The lowest BCUT2D eigenvalue weighted by molar-refractivity contribution is -0.143. The lowest BCUT2D eigenvalue weighted by Gasteiger charge is -2.39. The molecule has 2 saturated heterocycles. The van der Waals surface area contributed by atoms with Gasteiger partial charge in [0.15, 0.2) is 0 Å². The van der Waals surface area contributed by atoms with Gasteiger partial charge in [-0.15, -0.1) is 0 Å². The Morgan fingerprint density at radius 1 is 1.26 bits per heavy atom. The van der Waals surface area contributed by atoms with Crippen LogP contribution < -0.4 is 5.32 Å². The van der Waals surface area contributed by atoms with Crippen molar-refractivity contribution in [2.75, 3.05) is 26.2 Å². The fourth-order valence-electron chi connectivity index (χ4n) is 3.95. The summed E-state index contributed by atoms with van der Waals surface area (Å²) < 4.78 is 0. The van der Waals surface area contributed by atoms with Gasteiger partial charge >= 0.3 is 0 Å². The molecule has 0 radical (unpaired) electrons. The molecule has 0 aliphatic carbocycles. The standard InChI is InChI=1S/C16H30N2O/c1-3-5-14-6-12-18(13-14)15(19)16(7-4-2)8-10-17-11-9-16/h14,17H,3-13H2,1-2H3. The second-order valence-electron chi connectivity index (χ2n) is 6.47. The van der Waals surface area contributed by atoms with E-state index in [1.165, 1.54) is 19.3 Å². The van der Waals surface area contributed by atoms with E-state index in [4.69, 9.17) is 0 Å². The molecule has 19 heavy (non-hydrogen) atoms. The number of hydrogen-bond acceptors (Lipinski definition) is 2. The summed E-state index contributed by atoms with van der Waals surface area (Å²) in [6, 6.07) is 0. The molecule has 0 bridgehead atoms. The first-order valence-electron chi connectivity index (χ1n) is 8.22. The summed E-state index contributed by atoms with van der Waals surface area (Å²) in [6.45, 7) is 8.50. The van der Waals surface area contributed by atoms with Crippen molar-refractivity contribution in [1.29, 1.82) is 0 Å². The van der Waals surface area contributed by atoms with Gasteiger partial charge in [-0.05, 0) is 51.1 Å². The van der Waals surface area contributed by atoms with Crippen LogP contribution in [0, 0.1) is 11.3 Å². The molecular weight excluding hydrogens is 236 g/mol. The third kappa shape index (κ3) is 3.31. The fraction of sp³-hybridized carbons (Fsp3) is 0.938. The van der Waals surface area contributed by atoms with E-state index in [-0.39, 0.29) is 5.41 Å². The van der Waals surface area contributed by atoms with Gasteiger partial charge in [0, 0.05) is 13.1 Å². The van der Waals surface area contributed by atoms with E-state index in [9.17, 15) is 4.79 Å². The van der Waals surface area contributed by atoms with Crippen LogP contribution in [0.1, 0.15) is 58.8 Å². The number of nitrogens with one attached hydrogen (secondary N) is 1. The van der Waals surface area contributed by atoms with E-state index in [2.05, 4.69) is 24.1 Å². The van der Waals surface area contributed by atoms with Gasteiger partial charge in [0.05, 0.1) is 5.41 Å². The molecule has 2 aliphatic rings. The number of likely N-dealkylation sites (tertiary alicyclic amines) is 1. The van der Waals surface area contributed by atoms with E-state index < -0.39 is 0 Å². The van der Waals surface area contributed by atoms with Gasteiger partial charge in [0.2, 0.25) is 5.91 Å². The average Bonchev–Trinajstić information content (AvgIpc) is 2.88. The summed E-state index contributed by atoms with van der Waals surface area (Å²) in [7, 11) is 0. The third-order valence-electron chi connectivity index (χ3n) is 5.01. The minimum absolute atomic E-state index is 0.0406. The molecule has 3 heteroatoms. The molecule has 0 aromatic rings. The quantitative estimate of drug-likeness (QED) is 0.830. The minimum Gasteiger partial charge on any atom is -0.342 e. The normalized spacial score (nSPS) is 26.6. The van der Waals surface area contributed by atoms with Gasteiger partial charge < -0.3 is 10.2 Å². The molecule has 110 valence electrons. The predicted molar refractivity (Wildman–Crippen MR) is 79.0 cm³/mol. The Hall–Kier alpha value is -0.570. The smallest absolute Gasteiger partial charge is 0.228 e. The number of hydrogen-bond donors (Lipinski definition) is 1. The van der Waals surface area contributed by atoms with Crippen molar-refractivity contribution in [2.24, 2.45) is 11.3 Å².